The Balaban J connectivity index is 2.35. The molecule has 6 heteroatoms. The molecular weight excluding hydrogens is 276 g/mol. The molecule has 2 aromatic rings. The van der Waals surface area contributed by atoms with Gasteiger partial charge < -0.3 is 10.5 Å². The van der Waals surface area contributed by atoms with Crippen molar-refractivity contribution in [1.29, 1.82) is 0 Å². The number of anilines is 1. The Morgan fingerprint density at radius 3 is 2.40 bits per heavy atom. The molecule has 1 heterocycles. The Labute approximate surface area is 118 Å². The van der Waals surface area contributed by atoms with E-state index in [2.05, 4.69) is 4.98 Å². The van der Waals surface area contributed by atoms with Crippen LogP contribution in [0.5, 0.6) is 5.88 Å². The van der Waals surface area contributed by atoms with Gasteiger partial charge in [-0.15, -0.1) is 0 Å². The molecule has 0 fully saturated rings. The molecule has 0 aliphatic rings. The van der Waals surface area contributed by atoms with Gasteiger partial charge in [-0.1, -0.05) is 17.7 Å². The third kappa shape index (κ3) is 3.08. The zero-order valence-electron chi connectivity index (χ0n) is 11.3. The van der Waals surface area contributed by atoms with Gasteiger partial charge in [0.25, 0.3) is 0 Å². The third-order valence-electron chi connectivity index (χ3n) is 2.90. The van der Waals surface area contributed by atoms with Gasteiger partial charge in [-0.3, -0.25) is 0 Å². The Morgan fingerprint density at radius 2 is 1.80 bits per heavy atom. The third-order valence-corrected chi connectivity index (χ3v) is 4.54. The summed E-state index contributed by atoms with van der Waals surface area (Å²) < 4.78 is 29.6. The van der Waals surface area contributed by atoms with Crippen LogP contribution in [0.15, 0.2) is 41.3 Å². The fourth-order valence-corrected chi connectivity index (χ4v) is 3.04. The van der Waals surface area contributed by atoms with Gasteiger partial charge in [0.2, 0.25) is 5.88 Å². The molecule has 0 aliphatic heterocycles. The number of benzene rings is 1. The molecule has 0 bridgehead atoms. The molecular formula is C14H16N2O3S. The lowest BCUT2D eigenvalue weighted by Gasteiger charge is -2.08. The molecule has 1 aromatic carbocycles. The van der Waals surface area contributed by atoms with E-state index in [1.807, 2.05) is 6.92 Å². The van der Waals surface area contributed by atoms with E-state index in [0.717, 1.165) is 5.56 Å². The molecule has 0 aliphatic carbocycles. The number of hydrogen-bond donors (Lipinski definition) is 1. The van der Waals surface area contributed by atoms with Crippen LogP contribution < -0.4 is 10.5 Å². The summed E-state index contributed by atoms with van der Waals surface area (Å²) in [5.41, 5.74) is 7.40. The van der Waals surface area contributed by atoms with E-state index in [0.29, 0.717) is 17.3 Å². The van der Waals surface area contributed by atoms with E-state index in [1.54, 1.807) is 36.4 Å². The molecule has 106 valence electrons. The molecule has 20 heavy (non-hydrogen) atoms. The van der Waals surface area contributed by atoms with Crippen LogP contribution in [0.4, 0.5) is 5.69 Å². The number of nitrogens with two attached hydrogens (primary N) is 1. The first kappa shape index (κ1) is 14.3. The van der Waals surface area contributed by atoms with Crippen molar-refractivity contribution in [2.24, 2.45) is 0 Å². The van der Waals surface area contributed by atoms with Gasteiger partial charge in [-0.05, 0) is 25.1 Å². The van der Waals surface area contributed by atoms with E-state index in [4.69, 9.17) is 10.5 Å². The summed E-state index contributed by atoms with van der Waals surface area (Å²) in [6.45, 7) is 1.90. The van der Waals surface area contributed by atoms with E-state index >= 15 is 0 Å². The van der Waals surface area contributed by atoms with Gasteiger partial charge in [0.15, 0.2) is 9.84 Å². The zero-order valence-corrected chi connectivity index (χ0v) is 12.1. The first-order chi connectivity index (χ1) is 9.42. The predicted molar refractivity (Wildman–Crippen MR) is 77.3 cm³/mol. The van der Waals surface area contributed by atoms with Gasteiger partial charge in [0, 0.05) is 6.07 Å². The predicted octanol–water partition coefficient (Wildman–Crippen LogP) is 1.95. The minimum atomic E-state index is -3.48. The highest BCUT2D eigenvalue weighted by molar-refractivity contribution is 7.90. The lowest BCUT2D eigenvalue weighted by atomic mass is 10.2. The van der Waals surface area contributed by atoms with Crippen LogP contribution in [0.1, 0.15) is 11.3 Å². The first-order valence-electron chi connectivity index (χ1n) is 6.01. The van der Waals surface area contributed by atoms with Crippen molar-refractivity contribution in [2.45, 2.75) is 17.6 Å². The van der Waals surface area contributed by atoms with E-state index in [9.17, 15) is 8.42 Å². The van der Waals surface area contributed by atoms with Crippen molar-refractivity contribution >= 4 is 15.5 Å². The van der Waals surface area contributed by atoms with Crippen molar-refractivity contribution < 1.29 is 13.2 Å². The lowest BCUT2D eigenvalue weighted by molar-refractivity contribution is 0.397. The van der Waals surface area contributed by atoms with Crippen molar-refractivity contribution in [3.8, 4) is 5.88 Å². The minimum Gasteiger partial charge on any atom is -0.481 e. The van der Waals surface area contributed by atoms with Crippen molar-refractivity contribution in [3.63, 3.8) is 0 Å². The van der Waals surface area contributed by atoms with E-state index < -0.39 is 9.84 Å². The molecule has 1 aromatic heterocycles. The minimum absolute atomic E-state index is 0.251. The zero-order chi connectivity index (χ0) is 14.8. The van der Waals surface area contributed by atoms with Crippen LogP contribution in [0, 0.1) is 6.92 Å². The van der Waals surface area contributed by atoms with Gasteiger partial charge in [-0.25, -0.2) is 13.4 Å². The van der Waals surface area contributed by atoms with Crippen LogP contribution in [0.2, 0.25) is 0 Å². The summed E-state index contributed by atoms with van der Waals surface area (Å²) in [5.74, 6) is 0.0901. The Bertz CT molecular complexity index is 710. The second kappa shape index (κ2) is 5.50. The van der Waals surface area contributed by atoms with Gasteiger partial charge >= 0.3 is 0 Å². The maximum atomic E-state index is 12.3. The number of aromatic nitrogens is 1. The quantitative estimate of drug-likeness (QED) is 0.931. The van der Waals surface area contributed by atoms with Crippen molar-refractivity contribution in [3.05, 3.63) is 47.7 Å². The molecule has 0 saturated carbocycles. The highest BCUT2D eigenvalue weighted by atomic mass is 32.2. The Morgan fingerprint density at radius 1 is 1.15 bits per heavy atom. The highest BCUT2D eigenvalue weighted by Crippen LogP contribution is 2.21. The average molecular weight is 292 g/mol. The number of sulfone groups is 1. The van der Waals surface area contributed by atoms with E-state index in [1.165, 1.54) is 7.11 Å². The number of nitrogen functional groups attached to an aromatic ring is 1. The highest BCUT2D eigenvalue weighted by Gasteiger charge is 2.18. The Kier molecular flexibility index (Phi) is 3.94. The SMILES string of the molecule is COc1ccc(N)c(CS(=O)(=O)c2ccc(C)cc2)n1. The van der Waals surface area contributed by atoms with Crippen molar-refractivity contribution in [1.82, 2.24) is 4.98 Å². The summed E-state index contributed by atoms with van der Waals surface area (Å²) in [4.78, 5) is 4.35. The fraction of sp³-hybridized carbons (Fsp3) is 0.214. The van der Waals surface area contributed by atoms with Crippen LogP contribution in [0.3, 0.4) is 0 Å². The molecule has 0 radical (unpaired) electrons. The number of nitrogens with zero attached hydrogens (tertiary/aromatic N) is 1. The molecule has 2 N–H and O–H groups in total. The maximum absolute atomic E-state index is 12.3. The largest absolute Gasteiger partial charge is 0.481 e. The molecule has 5 nitrogen and oxygen atoms in total. The second-order valence-electron chi connectivity index (χ2n) is 4.46. The molecule has 0 spiro atoms. The number of pyridine rings is 1. The summed E-state index contributed by atoms with van der Waals surface area (Å²) in [5, 5.41) is 0. The molecule has 0 atom stereocenters. The van der Waals surface area contributed by atoms with Crippen LogP contribution in [-0.2, 0) is 15.6 Å². The number of aryl methyl sites for hydroxylation is 1. The maximum Gasteiger partial charge on any atom is 0.213 e. The van der Waals surface area contributed by atoms with Crippen molar-refractivity contribution in [2.75, 3.05) is 12.8 Å². The van der Waals surface area contributed by atoms with Gasteiger partial charge in [-0.2, -0.15) is 0 Å². The number of methoxy groups -OCH3 is 1. The summed E-state index contributed by atoms with van der Waals surface area (Å²) in [7, 11) is -2.01. The average Bonchev–Trinajstić information content (AvgIpc) is 2.41. The number of ether oxygens (including phenoxy) is 1. The molecule has 2 rings (SSSR count). The first-order valence-corrected chi connectivity index (χ1v) is 7.66. The summed E-state index contributed by atoms with van der Waals surface area (Å²) in [6, 6.07) is 9.87. The molecule has 0 amide bonds. The van der Waals surface area contributed by atoms with E-state index in [-0.39, 0.29) is 10.6 Å². The van der Waals surface area contributed by atoms with Crippen LogP contribution >= 0.6 is 0 Å². The van der Waals surface area contributed by atoms with Crippen LogP contribution in [0.25, 0.3) is 0 Å². The molecule has 0 saturated heterocycles. The standard InChI is InChI=1S/C14H16N2O3S/c1-10-3-5-11(6-4-10)20(17,18)9-13-12(15)7-8-14(16-13)19-2/h3-8H,9,15H2,1-2H3. The number of rotatable bonds is 4. The summed E-state index contributed by atoms with van der Waals surface area (Å²) in [6.07, 6.45) is 0. The smallest absolute Gasteiger partial charge is 0.213 e. The van der Waals surface area contributed by atoms with Gasteiger partial charge in [0.05, 0.1) is 29.1 Å². The Hall–Kier alpha value is -2.08. The fourth-order valence-electron chi connectivity index (χ4n) is 1.73. The monoisotopic (exact) mass is 292 g/mol. The lowest BCUT2D eigenvalue weighted by Crippen LogP contribution is -2.09. The van der Waals surface area contributed by atoms with Crippen LogP contribution in [-0.4, -0.2) is 20.5 Å². The summed E-state index contributed by atoms with van der Waals surface area (Å²) >= 11 is 0. The second-order valence-corrected chi connectivity index (χ2v) is 6.45. The number of hydrogen-bond acceptors (Lipinski definition) is 5. The normalized spacial score (nSPS) is 11.3. The van der Waals surface area contributed by atoms with Gasteiger partial charge in [0.1, 0.15) is 0 Å². The topological polar surface area (TPSA) is 82.3 Å². The molecule has 0 unspecified atom stereocenters.